The van der Waals surface area contributed by atoms with Crippen molar-refractivity contribution in [3.63, 3.8) is 0 Å². The van der Waals surface area contributed by atoms with Crippen LogP contribution in [-0.4, -0.2) is 38.3 Å². The molecule has 2 aromatic rings. The molecule has 0 bridgehead atoms. The van der Waals surface area contributed by atoms with E-state index in [9.17, 15) is 18.4 Å². The normalized spacial score (nSPS) is 10.5. The zero-order chi connectivity index (χ0) is 19.1. The fraction of sp³-hybridized carbons (Fsp3) is 0.222. The molecule has 5 nitrogen and oxygen atoms in total. The molecule has 0 fully saturated rings. The molecule has 0 atom stereocenters. The number of carbonyl (C=O) groups is 2. The summed E-state index contributed by atoms with van der Waals surface area (Å²) in [7, 11) is 3.70. The summed E-state index contributed by atoms with van der Waals surface area (Å²) in [6, 6.07) is 12.8. The molecule has 0 aliphatic carbocycles. The Bertz CT molecular complexity index is 767. The number of thioether (sulfide) groups is 1. The molecule has 2 aromatic carbocycles. The van der Waals surface area contributed by atoms with Crippen LogP contribution in [0, 0.1) is 0 Å². The van der Waals surface area contributed by atoms with Crippen molar-refractivity contribution in [2.24, 2.45) is 0 Å². The number of hydrogen-bond acceptors (Lipinski definition) is 5. The number of carbonyl (C=O) groups excluding carboxylic acids is 2. The van der Waals surface area contributed by atoms with Crippen LogP contribution in [-0.2, 0) is 9.53 Å². The summed E-state index contributed by atoms with van der Waals surface area (Å²) in [6.45, 7) is -0.446. The van der Waals surface area contributed by atoms with E-state index in [1.807, 2.05) is 25.1 Å². The molecule has 0 heterocycles. The van der Waals surface area contributed by atoms with Crippen molar-refractivity contribution < 1.29 is 23.1 Å². The lowest BCUT2D eigenvalue weighted by Crippen LogP contribution is -2.21. The van der Waals surface area contributed by atoms with Gasteiger partial charge in [-0.2, -0.15) is 8.78 Å². The van der Waals surface area contributed by atoms with E-state index in [1.165, 1.54) is 24.3 Å². The Morgan fingerprint density at radius 3 is 2.46 bits per heavy atom. The Kier molecular flexibility index (Phi) is 6.97. The van der Waals surface area contributed by atoms with Crippen molar-refractivity contribution in [3.8, 4) is 0 Å². The Labute approximate surface area is 154 Å². The first kappa shape index (κ1) is 19.7. The molecular weight excluding hydrogens is 362 g/mol. The van der Waals surface area contributed by atoms with E-state index in [0.29, 0.717) is 27.9 Å². The van der Waals surface area contributed by atoms with Crippen LogP contribution in [0.25, 0.3) is 0 Å². The number of halogens is 2. The highest BCUT2D eigenvalue weighted by molar-refractivity contribution is 7.99. The number of ether oxygens (including phenoxy) is 1. The quantitative estimate of drug-likeness (QED) is 0.584. The summed E-state index contributed by atoms with van der Waals surface area (Å²) in [5.74, 6) is -3.62. The second-order valence-corrected chi connectivity index (χ2v) is 6.54. The molecule has 8 heteroatoms. The molecular formula is C18H18F2N2O3S. The van der Waals surface area contributed by atoms with Crippen LogP contribution in [0.2, 0.25) is 0 Å². The number of esters is 1. The topological polar surface area (TPSA) is 58.6 Å². The molecule has 0 aromatic heterocycles. The first-order chi connectivity index (χ1) is 12.3. The van der Waals surface area contributed by atoms with Gasteiger partial charge in [0.25, 0.3) is 11.7 Å². The molecule has 1 N–H and O–H groups in total. The van der Waals surface area contributed by atoms with Crippen molar-refractivity contribution in [2.45, 2.75) is 10.7 Å². The van der Waals surface area contributed by atoms with E-state index in [0.717, 1.165) is 5.69 Å². The number of alkyl halides is 2. The minimum atomic E-state index is -2.50. The second kappa shape index (κ2) is 9.19. The fourth-order valence-corrected chi connectivity index (χ4v) is 2.54. The van der Waals surface area contributed by atoms with E-state index in [2.05, 4.69) is 5.32 Å². The maximum absolute atomic E-state index is 12.3. The lowest BCUT2D eigenvalue weighted by atomic mass is 10.2. The first-order valence-corrected chi connectivity index (χ1v) is 8.52. The molecule has 0 aliphatic heterocycles. The van der Waals surface area contributed by atoms with Gasteiger partial charge in [-0.05, 0) is 42.5 Å². The maximum Gasteiger partial charge on any atom is 0.338 e. The van der Waals surface area contributed by atoms with E-state index >= 15 is 0 Å². The minimum Gasteiger partial charge on any atom is -0.452 e. The molecule has 0 radical (unpaired) electrons. The largest absolute Gasteiger partial charge is 0.452 e. The van der Waals surface area contributed by atoms with Gasteiger partial charge >= 0.3 is 5.97 Å². The Morgan fingerprint density at radius 1 is 1.15 bits per heavy atom. The Morgan fingerprint density at radius 2 is 1.85 bits per heavy atom. The third kappa shape index (κ3) is 6.03. The van der Waals surface area contributed by atoms with Crippen LogP contribution in [0.4, 0.5) is 20.2 Å². The van der Waals surface area contributed by atoms with Gasteiger partial charge in [-0.1, -0.05) is 17.8 Å². The molecule has 138 valence electrons. The van der Waals surface area contributed by atoms with Crippen LogP contribution in [0.5, 0.6) is 0 Å². The number of nitrogens with one attached hydrogen (secondary N) is 1. The van der Waals surface area contributed by atoms with Crippen molar-refractivity contribution in [3.05, 3.63) is 54.1 Å². The molecule has 26 heavy (non-hydrogen) atoms. The maximum atomic E-state index is 12.3. The van der Waals surface area contributed by atoms with Crippen molar-refractivity contribution >= 4 is 35.0 Å². The zero-order valence-electron chi connectivity index (χ0n) is 14.2. The van der Waals surface area contributed by atoms with Crippen molar-refractivity contribution in [1.82, 2.24) is 0 Å². The Balaban J connectivity index is 1.86. The van der Waals surface area contributed by atoms with Gasteiger partial charge in [0.05, 0.1) is 5.56 Å². The van der Waals surface area contributed by atoms with Crippen LogP contribution in [0.3, 0.4) is 0 Å². The van der Waals surface area contributed by atoms with Gasteiger partial charge in [0, 0.05) is 30.4 Å². The average Bonchev–Trinajstić information content (AvgIpc) is 2.61. The summed E-state index contributed by atoms with van der Waals surface area (Å²) < 4.78 is 29.5. The molecule has 0 aliphatic rings. The van der Waals surface area contributed by atoms with Crippen LogP contribution in [0.15, 0.2) is 53.4 Å². The third-order valence-corrected chi connectivity index (χ3v) is 4.02. The van der Waals surface area contributed by atoms with Crippen LogP contribution in [0.1, 0.15) is 10.4 Å². The number of rotatable bonds is 7. The van der Waals surface area contributed by atoms with Crippen LogP contribution < -0.4 is 10.2 Å². The van der Waals surface area contributed by atoms with Crippen LogP contribution >= 0.6 is 11.8 Å². The van der Waals surface area contributed by atoms with Gasteiger partial charge in [-0.15, -0.1) is 0 Å². The van der Waals surface area contributed by atoms with Gasteiger partial charge in [-0.3, -0.25) is 4.79 Å². The number of hydrogen-bond donors (Lipinski definition) is 1. The summed E-state index contributed by atoms with van der Waals surface area (Å²) >= 11 is 0.422. The van der Waals surface area contributed by atoms with E-state index in [4.69, 9.17) is 4.74 Å². The molecule has 0 saturated carbocycles. The Hall–Kier alpha value is -2.61. The average molecular weight is 380 g/mol. The summed E-state index contributed by atoms with van der Waals surface area (Å²) in [4.78, 5) is 26.1. The highest BCUT2D eigenvalue weighted by Crippen LogP contribution is 2.26. The molecule has 0 saturated heterocycles. The number of anilines is 2. The first-order valence-electron chi connectivity index (χ1n) is 7.64. The fourth-order valence-electron chi connectivity index (χ4n) is 2.04. The summed E-state index contributed by atoms with van der Waals surface area (Å²) in [6.07, 6.45) is 0. The highest BCUT2D eigenvalue weighted by Gasteiger charge is 2.12. The van der Waals surface area contributed by atoms with Crippen molar-refractivity contribution in [1.29, 1.82) is 0 Å². The van der Waals surface area contributed by atoms with E-state index in [1.54, 1.807) is 18.2 Å². The predicted octanol–water partition coefficient (Wildman–Crippen LogP) is 3.86. The molecule has 1 amide bonds. The second-order valence-electron chi connectivity index (χ2n) is 5.47. The number of amides is 1. The number of benzene rings is 2. The van der Waals surface area contributed by atoms with Gasteiger partial charge in [0.1, 0.15) is 0 Å². The van der Waals surface area contributed by atoms with E-state index < -0.39 is 24.2 Å². The predicted molar refractivity (Wildman–Crippen MR) is 98.0 cm³/mol. The minimum absolute atomic E-state index is 0.345. The monoisotopic (exact) mass is 380 g/mol. The lowest BCUT2D eigenvalue weighted by molar-refractivity contribution is -0.119. The standard InChI is InChI=1S/C18H18F2N2O3S/c1-22(2)14-5-3-4-12(10-14)17(24)25-11-16(23)21-13-6-8-15(9-7-13)26-18(19)20/h3-10,18H,11H2,1-2H3,(H,21,23). The van der Waals surface area contributed by atoms with Gasteiger partial charge in [0.2, 0.25) is 0 Å². The van der Waals surface area contributed by atoms with Crippen molar-refractivity contribution in [2.75, 3.05) is 30.9 Å². The lowest BCUT2D eigenvalue weighted by Gasteiger charge is -2.13. The third-order valence-electron chi connectivity index (χ3n) is 3.30. The summed E-state index contributed by atoms with van der Waals surface area (Å²) in [5.41, 5.74) is 1.61. The number of nitrogens with zero attached hydrogens (tertiary/aromatic N) is 1. The SMILES string of the molecule is CN(C)c1cccc(C(=O)OCC(=O)Nc2ccc(SC(F)F)cc2)c1. The molecule has 0 spiro atoms. The van der Waals surface area contributed by atoms with Gasteiger partial charge < -0.3 is 15.0 Å². The molecule has 2 rings (SSSR count). The zero-order valence-corrected chi connectivity index (χ0v) is 15.1. The summed E-state index contributed by atoms with van der Waals surface area (Å²) in [5, 5.41) is 2.54. The van der Waals surface area contributed by atoms with Gasteiger partial charge in [0.15, 0.2) is 6.61 Å². The smallest absolute Gasteiger partial charge is 0.338 e. The highest BCUT2D eigenvalue weighted by atomic mass is 32.2. The van der Waals surface area contributed by atoms with Gasteiger partial charge in [-0.25, -0.2) is 4.79 Å². The molecule has 0 unspecified atom stereocenters. The van der Waals surface area contributed by atoms with E-state index in [-0.39, 0.29) is 0 Å².